The Morgan fingerprint density at radius 1 is 1.43 bits per heavy atom. The zero-order valence-electron chi connectivity index (χ0n) is 16.3. The van der Waals surface area contributed by atoms with E-state index < -0.39 is 0 Å². The topological polar surface area (TPSA) is 111 Å². The lowest BCUT2D eigenvalue weighted by molar-refractivity contribution is 0.222. The second kappa shape index (κ2) is 10.0. The van der Waals surface area contributed by atoms with Crippen molar-refractivity contribution in [1.82, 2.24) is 9.78 Å². The van der Waals surface area contributed by atoms with E-state index in [1.165, 1.54) is 0 Å². The molecule has 0 aliphatic carbocycles. The largest absolute Gasteiger partial charge is 0.495 e. The van der Waals surface area contributed by atoms with Gasteiger partial charge in [0.1, 0.15) is 11.5 Å². The van der Waals surface area contributed by atoms with Crippen LogP contribution in [-0.2, 0) is 18.2 Å². The average Bonchev–Trinajstić information content (AvgIpc) is 3.07. The minimum atomic E-state index is 0.341. The number of hydrogen-bond acceptors (Lipinski definition) is 6. The zero-order chi connectivity index (χ0) is 20.5. The second-order valence-corrected chi connectivity index (χ2v) is 5.86. The molecule has 0 spiro atoms. The number of aryl methyl sites for hydroxylation is 2. The third-order valence-corrected chi connectivity index (χ3v) is 3.78. The van der Waals surface area contributed by atoms with Crippen LogP contribution in [-0.4, -0.2) is 35.5 Å². The first kappa shape index (κ1) is 20.9. The van der Waals surface area contributed by atoms with Crippen molar-refractivity contribution in [2.45, 2.75) is 20.3 Å². The van der Waals surface area contributed by atoms with E-state index in [0.717, 1.165) is 12.1 Å². The fourth-order valence-corrected chi connectivity index (χ4v) is 2.35. The maximum Gasteiger partial charge on any atom is 0.217 e. The summed E-state index contributed by atoms with van der Waals surface area (Å²) in [5.41, 5.74) is 7.38. The molecule has 0 fully saturated rings. The molecule has 1 aromatic carbocycles. The summed E-state index contributed by atoms with van der Waals surface area (Å²) in [6.45, 7) is 8.20. The van der Waals surface area contributed by atoms with Gasteiger partial charge in [-0.05, 0) is 38.3 Å². The molecule has 0 bridgehead atoms. The lowest BCUT2D eigenvalue weighted by Crippen LogP contribution is -2.07. The summed E-state index contributed by atoms with van der Waals surface area (Å²) < 4.78 is 13.1. The minimum absolute atomic E-state index is 0.341. The molecule has 0 aliphatic heterocycles. The number of nitrogens with zero attached hydrogens (tertiary/aromatic N) is 5. The van der Waals surface area contributed by atoms with Crippen LogP contribution in [0.1, 0.15) is 30.7 Å². The fourth-order valence-electron chi connectivity index (χ4n) is 2.35. The van der Waals surface area contributed by atoms with E-state index in [2.05, 4.69) is 27.9 Å². The van der Waals surface area contributed by atoms with E-state index in [9.17, 15) is 5.26 Å². The Kier molecular flexibility index (Phi) is 7.48. The molecule has 0 radical (unpaired) electrons. The molecule has 8 heteroatoms. The number of hydrogen-bond donors (Lipinski definition) is 1. The maximum absolute atomic E-state index is 9.24. The monoisotopic (exact) mass is 380 g/mol. The molecule has 1 heterocycles. The molecule has 8 nitrogen and oxygen atoms in total. The van der Waals surface area contributed by atoms with Gasteiger partial charge in [-0.15, -0.1) is 0 Å². The van der Waals surface area contributed by atoms with Gasteiger partial charge in [-0.2, -0.15) is 10.4 Å². The number of benzene rings is 1. The maximum atomic E-state index is 9.24. The first-order chi connectivity index (χ1) is 13.5. The molecule has 0 amide bonds. The third-order valence-electron chi connectivity index (χ3n) is 3.78. The van der Waals surface area contributed by atoms with Crippen molar-refractivity contribution in [2.24, 2.45) is 22.8 Å². The van der Waals surface area contributed by atoms with Crippen LogP contribution in [0, 0.1) is 11.3 Å². The molecule has 28 heavy (non-hydrogen) atoms. The van der Waals surface area contributed by atoms with Crippen molar-refractivity contribution < 1.29 is 9.47 Å². The van der Waals surface area contributed by atoms with Gasteiger partial charge in [-0.1, -0.05) is 6.92 Å². The SMILES string of the molecule is C=N/C(=N\C=C(/C)OCCN)c1ccc(C#N)cc1Oc1cc(CC)nn1C. The molecule has 2 N–H and O–H groups in total. The molecule has 2 rings (SSSR count). The van der Waals surface area contributed by atoms with Crippen molar-refractivity contribution in [1.29, 1.82) is 5.26 Å². The summed E-state index contributed by atoms with van der Waals surface area (Å²) in [7, 11) is 1.80. The molecule has 0 saturated heterocycles. The highest BCUT2D eigenvalue weighted by molar-refractivity contribution is 6.04. The molecular weight excluding hydrogens is 356 g/mol. The Balaban J connectivity index is 2.43. The van der Waals surface area contributed by atoms with Crippen LogP contribution in [0.25, 0.3) is 0 Å². The van der Waals surface area contributed by atoms with Crippen molar-refractivity contribution >= 4 is 12.6 Å². The van der Waals surface area contributed by atoms with Gasteiger partial charge in [-0.25, -0.2) is 14.7 Å². The Morgan fingerprint density at radius 3 is 2.82 bits per heavy atom. The highest BCUT2D eigenvalue weighted by Crippen LogP contribution is 2.28. The number of nitrogens with two attached hydrogens (primary N) is 1. The van der Waals surface area contributed by atoms with Crippen molar-refractivity contribution in [3.63, 3.8) is 0 Å². The Hall–Kier alpha value is -3.44. The van der Waals surface area contributed by atoms with E-state index in [4.69, 9.17) is 15.2 Å². The number of ether oxygens (including phenoxy) is 2. The minimum Gasteiger partial charge on any atom is -0.495 e. The van der Waals surface area contributed by atoms with Crippen LogP contribution in [0.4, 0.5) is 0 Å². The summed E-state index contributed by atoms with van der Waals surface area (Å²) in [6, 6.07) is 8.99. The van der Waals surface area contributed by atoms with E-state index in [1.54, 1.807) is 43.1 Å². The fraction of sp³-hybridized carbons (Fsp3) is 0.300. The summed E-state index contributed by atoms with van der Waals surface area (Å²) in [4.78, 5) is 8.34. The molecular formula is C20H24N6O2. The smallest absolute Gasteiger partial charge is 0.217 e. The predicted octanol–water partition coefficient (Wildman–Crippen LogP) is 2.93. The first-order valence-corrected chi connectivity index (χ1v) is 8.81. The predicted molar refractivity (Wildman–Crippen MR) is 109 cm³/mol. The van der Waals surface area contributed by atoms with Crippen LogP contribution < -0.4 is 10.5 Å². The summed E-state index contributed by atoms with van der Waals surface area (Å²) in [5, 5.41) is 13.6. The first-order valence-electron chi connectivity index (χ1n) is 8.81. The number of rotatable bonds is 8. The van der Waals surface area contributed by atoms with E-state index in [0.29, 0.717) is 47.5 Å². The normalized spacial score (nSPS) is 11.8. The third kappa shape index (κ3) is 5.28. The summed E-state index contributed by atoms with van der Waals surface area (Å²) in [6.07, 6.45) is 2.33. The van der Waals surface area contributed by atoms with Gasteiger partial charge in [0.25, 0.3) is 0 Å². The molecule has 0 unspecified atom stereocenters. The summed E-state index contributed by atoms with van der Waals surface area (Å²) >= 11 is 0. The second-order valence-electron chi connectivity index (χ2n) is 5.86. The van der Waals surface area contributed by atoms with E-state index in [-0.39, 0.29) is 0 Å². The van der Waals surface area contributed by atoms with E-state index in [1.807, 2.05) is 13.0 Å². The number of allylic oxidation sites excluding steroid dienone is 1. The Labute approximate surface area is 164 Å². The standard InChI is InChI=1S/C20H24N6O2/c1-5-16-11-19(26(4)25-16)28-18-10-15(12-22)6-7-17(18)20(23-3)24-13-14(2)27-9-8-21/h6-7,10-11,13H,3,5,8-9,21H2,1-2,4H3/b14-13+,24-20-. The Morgan fingerprint density at radius 2 is 2.21 bits per heavy atom. The number of amidine groups is 1. The van der Waals surface area contributed by atoms with Crippen molar-refractivity contribution in [3.05, 3.63) is 53.0 Å². The van der Waals surface area contributed by atoms with Crippen LogP contribution in [0.3, 0.4) is 0 Å². The van der Waals surface area contributed by atoms with Crippen LogP contribution in [0.15, 0.2) is 46.2 Å². The zero-order valence-corrected chi connectivity index (χ0v) is 16.3. The summed E-state index contributed by atoms with van der Waals surface area (Å²) in [5.74, 6) is 1.93. The van der Waals surface area contributed by atoms with E-state index >= 15 is 0 Å². The van der Waals surface area contributed by atoms with Crippen molar-refractivity contribution in [3.8, 4) is 17.7 Å². The molecule has 2 aromatic rings. The van der Waals surface area contributed by atoms with Gasteiger partial charge in [-0.3, -0.25) is 0 Å². The highest BCUT2D eigenvalue weighted by atomic mass is 16.5. The Bertz CT molecular complexity index is 937. The number of nitriles is 1. The molecule has 146 valence electrons. The van der Waals surface area contributed by atoms with Gasteiger partial charge in [0, 0.05) is 19.7 Å². The van der Waals surface area contributed by atoms with Crippen LogP contribution in [0.2, 0.25) is 0 Å². The number of aromatic nitrogens is 2. The molecule has 1 aromatic heterocycles. The van der Waals surface area contributed by atoms with Crippen molar-refractivity contribution in [2.75, 3.05) is 13.2 Å². The van der Waals surface area contributed by atoms with Gasteiger partial charge in [0.2, 0.25) is 5.88 Å². The molecule has 0 atom stereocenters. The van der Waals surface area contributed by atoms with Crippen LogP contribution >= 0.6 is 0 Å². The lowest BCUT2D eigenvalue weighted by atomic mass is 10.1. The number of aliphatic imine (C=N–C) groups is 2. The molecule has 0 aliphatic rings. The van der Waals surface area contributed by atoms with Crippen LogP contribution in [0.5, 0.6) is 11.6 Å². The molecule has 0 saturated carbocycles. The average molecular weight is 380 g/mol. The van der Waals surface area contributed by atoms with Gasteiger partial charge in [0.15, 0.2) is 5.84 Å². The van der Waals surface area contributed by atoms with Gasteiger partial charge < -0.3 is 15.2 Å². The quantitative estimate of drug-likeness (QED) is 0.430. The lowest BCUT2D eigenvalue weighted by Gasteiger charge is -2.11. The highest BCUT2D eigenvalue weighted by Gasteiger charge is 2.14. The van der Waals surface area contributed by atoms with Gasteiger partial charge >= 0.3 is 0 Å². The van der Waals surface area contributed by atoms with Gasteiger partial charge in [0.05, 0.1) is 35.7 Å².